The number of aliphatic hydroxyl groups is 5. The smallest absolute Gasteiger partial charge is 0.338 e. The molecule has 0 aromatic heterocycles. The molecule has 10 atom stereocenters. The highest BCUT2D eigenvalue weighted by Crippen LogP contribution is 2.29. The van der Waals surface area contributed by atoms with Gasteiger partial charge in [0.1, 0.15) is 49.3 Å². The number of benzene rings is 2. The van der Waals surface area contributed by atoms with Gasteiger partial charge in [0, 0.05) is 8.95 Å². The Morgan fingerprint density at radius 2 is 1.20 bits per heavy atom. The Balaban J connectivity index is 1.48. The Hall–Kier alpha value is -2.02. The molecule has 0 amide bonds. The molecule has 4 rings (SSSR count). The third-order valence-electron chi connectivity index (χ3n) is 6.99. The SMILES string of the molecule is CC(C)(C)O[C@@H]1O[C@H](CO[C@@H]2O[C@H](COC(=O)c3ccc(Br)cc3)[C@@H](OC(=O)c3ccc(Br)cc3)[C@H](O)[C@H]2O)[C@@H](O)[C@H](O)[C@H]1O. The molecule has 0 aliphatic carbocycles. The van der Waals surface area contributed by atoms with E-state index in [4.69, 9.17) is 28.4 Å². The van der Waals surface area contributed by atoms with Crippen molar-refractivity contribution in [1.82, 2.24) is 0 Å². The van der Waals surface area contributed by atoms with E-state index >= 15 is 0 Å². The van der Waals surface area contributed by atoms with Crippen molar-refractivity contribution in [3.63, 3.8) is 0 Å². The Morgan fingerprint density at radius 1 is 0.689 bits per heavy atom. The summed E-state index contributed by atoms with van der Waals surface area (Å²) >= 11 is 6.58. The molecule has 13 nitrogen and oxygen atoms in total. The number of ether oxygens (including phenoxy) is 6. The fraction of sp³-hybridized carbons (Fsp3) is 0.533. The molecule has 0 saturated carbocycles. The molecule has 2 saturated heterocycles. The maximum absolute atomic E-state index is 12.9. The first kappa shape index (κ1) is 35.8. The van der Waals surface area contributed by atoms with E-state index < -0.39 is 92.2 Å². The van der Waals surface area contributed by atoms with Crippen LogP contribution in [0.25, 0.3) is 0 Å². The van der Waals surface area contributed by atoms with Gasteiger partial charge in [-0.1, -0.05) is 31.9 Å². The first-order valence-electron chi connectivity index (χ1n) is 14.0. The Labute approximate surface area is 276 Å². The zero-order chi connectivity index (χ0) is 33.1. The molecular weight excluding hydrogens is 728 g/mol. The first-order valence-corrected chi connectivity index (χ1v) is 15.6. The largest absolute Gasteiger partial charge is 0.459 e. The summed E-state index contributed by atoms with van der Waals surface area (Å²) in [5.41, 5.74) is -0.391. The number of esters is 2. The van der Waals surface area contributed by atoms with Crippen LogP contribution in [0.1, 0.15) is 41.5 Å². The van der Waals surface area contributed by atoms with Crippen LogP contribution in [-0.2, 0) is 28.4 Å². The lowest BCUT2D eigenvalue weighted by Crippen LogP contribution is -2.62. The highest BCUT2D eigenvalue weighted by Gasteiger charge is 2.50. The van der Waals surface area contributed by atoms with Crippen molar-refractivity contribution < 1.29 is 63.5 Å². The number of hydrogen-bond acceptors (Lipinski definition) is 13. The number of aliphatic hydroxyl groups excluding tert-OH is 5. The predicted molar refractivity (Wildman–Crippen MR) is 162 cm³/mol. The summed E-state index contributed by atoms with van der Waals surface area (Å²) in [4.78, 5) is 25.6. The molecule has 2 aliphatic heterocycles. The molecule has 2 aromatic carbocycles. The quantitative estimate of drug-likeness (QED) is 0.232. The summed E-state index contributed by atoms with van der Waals surface area (Å²) in [6.07, 6.45) is -15.3. The van der Waals surface area contributed by atoms with Crippen molar-refractivity contribution >= 4 is 43.8 Å². The lowest BCUT2D eigenvalue weighted by Gasteiger charge is -2.44. The Bertz CT molecular complexity index is 1290. The average molecular weight is 764 g/mol. The van der Waals surface area contributed by atoms with Gasteiger partial charge in [0.25, 0.3) is 0 Å². The fourth-order valence-electron chi connectivity index (χ4n) is 4.62. The van der Waals surface area contributed by atoms with E-state index in [-0.39, 0.29) is 11.1 Å². The maximum Gasteiger partial charge on any atom is 0.338 e. The summed E-state index contributed by atoms with van der Waals surface area (Å²) in [5.74, 6) is -1.56. The van der Waals surface area contributed by atoms with Gasteiger partial charge in [-0.2, -0.15) is 0 Å². The van der Waals surface area contributed by atoms with Crippen molar-refractivity contribution in [1.29, 1.82) is 0 Å². The van der Waals surface area contributed by atoms with E-state index in [0.29, 0.717) is 0 Å². The minimum Gasteiger partial charge on any atom is -0.459 e. The van der Waals surface area contributed by atoms with Gasteiger partial charge in [0.15, 0.2) is 18.7 Å². The molecule has 0 bridgehead atoms. The van der Waals surface area contributed by atoms with Gasteiger partial charge in [0.05, 0.1) is 23.3 Å². The van der Waals surface area contributed by atoms with E-state index in [1.54, 1.807) is 45.0 Å². The van der Waals surface area contributed by atoms with Crippen LogP contribution in [0.15, 0.2) is 57.5 Å². The number of carbonyl (C=O) groups is 2. The molecule has 2 heterocycles. The highest BCUT2D eigenvalue weighted by molar-refractivity contribution is 9.10. The molecule has 0 radical (unpaired) electrons. The molecule has 45 heavy (non-hydrogen) atoms. The van der Waals surface area contributed by atoms with Gasteiger partial charge in [0.2, 0.25) is 0 Å². The second kappa shape index (κ2) is 15.3. The van der Waals surface area contributed by atoms with Crippen LogP contribution in [0.5, 0.6) is 0 Å². The van der Waals surface area contributed by atoms with Crippen LogP contribution in [0.3, 0.4) is 0 Å². The van der Waals surface area contributed by atoms with E-state index in [1.165, 1.54) is 24.3 Å². The topological polar surface area (TPSA) is 191 Å². The Kier molecular flexibility index (Phi) is 12.1. The molecule has 5 N–H and O–H groups in total. The fourth-order valence-corrected chi connectivity index (χ4v) is 5.15. The van der Waals surface area contributed by atoms with Gasteiger partial charge in [-0.15, -0.1) is 0 Å². The molecular formula is C30H36Br2O13. The number of carbonyl (C=O) groups excluding carboxylic acids is 2. The van der Waals surface area contributed by atoms with Gasteiger partial charge in [-0.3, -0.25) is 0 Å². The standard InChI is InChI=1S/C30H36Br2O13/c1-30(2,3)45-29-23(36)21(34)20(33)18(42-29)12-41-28-24(37)22(35)25(44-27(39)15-6-10-17(32)11-7-15)19(43-28)13-40-26(38)14-4-8-16(31)9-5-14/h4-11,18-25,28-29,33-37H,12-13H2,1-3H3/t18-,19-,20-,21+,22-,23-,24-,25-,28-,29+/m1/s1. The second-order valence-electron chi connectivity index (χ2n) is 11.6. The summed E-state index contributed by atoms with van der Waals surface area (Å²) in [6.45, 7) is 4.14. The Morgan fingerprint density at radius 3 is 1.76 bits per heavy atom. The van der Waals surface area contributed by atoms with Crippen LogP contribution in [-0.4, -0.2) is 118 Å². The van der Waals surface area contributed by atoms with Crippen molar-refractivity contribution in [3.8, 4) is 0 Å². The summed E-state index contributed by atoms with van der Waals surface area (Å²) in [7, 11) is 0. The van der Waals surface area contributed by atoms with Crippen LogP contribution in [0, 0.1) is 0 Å². The zero-order valence-corrected chi connectivity index (χ0v) is 27.7. The molecule has 0 unspecified atom stereocenters. The van der Waals surface area contributed by atoms with Crippen LogP contribution in [0.2, 0.25) is 0 Å². The first-order chi connectivity index (χ1) is 21.1. The van der Waals surface area contributed by atoms with Gasteiger partial charge >= 0.3 is 11.9 Å². The summed E-state index contributed by atoms with van der Waals surface area (Å²) in [6, 6.07) is 12.6. The van der Waals surface area contributed by atoms with E-state index in [1.807, 2.05) is 0 Å². The molecule has 0 spiro atoms. The summed E-state index contributed by atoms with van der Waals surface area (Å²) in [5, 5.41) is 53.2. The minimum absolute atomic E-state index is 0.153. The lowest BCUT2D eigenvalue weighted by atomic mass is 9.98. The lowest BCUT2D eigenvalue weighted by molar-refractivity contribution is -0.340. The van der Waals surface area contributed by atoms with Crippen LogP contribution < -0.4 is 0 Å². The van der Waals surface area contributed by atoms with E-state index in [2.05, 4.69) is 31.9 Å². The third kappa shape index (κ3) is 9.29. The average Bonchev–Trinajstić information content (AvgIpc) is 2.99. The monoisotopic (exact) mass is 762 g/mol. The minimum atomic E-state index is -1.77. The van der Waals surface area contributed by atoms with Crippen molar-refractivity contribution in [2.24, 2.45) is 0 Å². The van der Waals surface area contributed by atoms with Crippen molar-refractivity contribution in [2.75, 3.05) is 13.2 Å². The maximum atomic E-state index is 12.9. The van der Waals surface area contributed by atoms with Crippen LogP contribution in [0.4, 0.5) is 0 Å². The van der Waals surface area contributed by atoms with Crippen molar-refractivity contribution in [3.05, 3.63) is 68.6 Å². The highest BCUT2D eigenvalue weighted by atomic mass is 79.9. The predicted octanol–water partition coefficient (Wildman–Crippen LogP) is 1.68. The molecule has 15 heteroatoms. The van der Waals surface area contributed by atoms with Gasteiger partial charge in [-0.05, 0) is 69.3 Å². The molecule has 2 aliphatic rings. The van der Waals surface area contributed by atoms with E-state index in [9.17, 15) is 35.1 Å². The molecule has 248 valence electrons. The number of rotatable bonds is 9. The third-order valence-corrected chi connectivity index (χ3v) is 8.04. The van der Waals surface area contributed by atoms with Crippen LogP contribution >= 0.6 is 31.9 Å². The van der Waals surface area contributed by atoms with Gasteiger partial charge < -0.3 is 54.0 Å². The number of hydrogen-bond donors (Lipinski definition) is 5. The number of halogens is 2. The van der Waals surface area contributed by atoms with Crippen molar-refractivity contribution in [2.45, 2.75) is 87.8 Å². The zero-order valence-electron chi connectivity index (χ0n) is 24.6. The molecule has 2 fully saturated rings. The normalized spacial score (nSPS) is 32.1. The van der Waals surface area contributed by atoms with E-state index in [0.717, 1.165) is 8.95 Å². The summed E-state index contributed by atoms with van der Waals surface area (Å²) < 4.78 is 35.2. The van der Waals surface area contributed by atoms with Gasteiger partial charge in [-0.25, -0.2) is 9.59 Å². The second-order valence-corrected chi connectivity index (χ2v) is 13.4. The molecule has 2 aromatic rings.